The fraction of sp³-hybridized carbons (Fsp3) is 0.333. The van der Waals surface area contributed by atoms with Crippen LogP contribution >= 0.6 is 0 Å². The summed E-state index contributed by atoms with van der Waals surface area (Å²) in [5.74, 6) is 0. The fourth-order valence-corrected chi connectivity index (χ4v) is 5.97. The minimum atomic E-state index is -3.80. The van der Waals surface area contributed by atoms with Gasteiger partial charge in [0.1, 0.15) is 5.60 Å². The summed E-state index contributed by atoms with van der Waals surface area (Å²) < 4.78 is 32.5. The van der Waals surface area contributed by atoms with Gasteiger partial charge in [0, 0.05) is 30.2 Å². The first kappa shape index (κ1) is 24.1. The van der Waals surface area contributed by atoms with Gasteiger partial charge in [0.2, 0.25) is 9.84 Å². The van der Waals surface area contributed by atoms with E-state index >= 15 is 0 Å². The van der Waals surface area contributed by atoms with Crippen LogP contribution in [-0.4, -0.2) is 49.4 Å². The third-order valence-corrected chi connectivity index (χ3v) is 8.11. The van der Waals surface area contributed by atoms with Gasteiger partial charge in [0.05, 0.1) is 10.4 Å². The van der Waals surface area contributed by atoms with E-state index in [2.05, 4.69) is 20.4 Å². The monoisotopic (exact) mass is 506 g/mol. The number of hydrogen-bond donors (Lipinski definition) is 2. The maximum Gasteiger partial charge on any atom is 0.407 e. The Kier molecular flexibility index (Phi) is 6.12. The van der Waals surface area contributed by atoms with Crippen LogP contribution in [-0.2, 0) is 14.6 Å². The molecule has 3 aromatic carbocycles. The van der Waals surface area contributed by atoms with E-state index in [-0.39, 0.29) is 16.0 Å². The fourth-order valence-electron chi connectivity index (χ4n) is 4.58. The Morgan fingerprint density at radius 2 is 1.75 bits per heavy atom. The number of benzene rings is 3. The first-order chi connectivity index (χ1) is 17.1. The first-order valence-electron chi connectivity index (χ1n) is 12.1. The highest BCUT2D eigenvalue weighted by atomic mass is 32.2. The number of sulfone groups is 1. The highest BCUT2D eigenvalue weighted by molar-refractivity contribution is 7.91. The number of aromatic amines is 1. The molecule has 1 fully saturated rings. The second-order valence-corrected chi connectivity index (χ2v) is 12.1. The lowest BCUT2D eigenvalue weighted by Gasteiger charge is -2.34. The molecule has 0 atom stereocenters. The van der Waals surface area contributed by atoms with Crippen LogP contribution in [0, 0.1) is 0 Å². The average Bonchev–Trinajstić information content (AvgIpc) is 3.27. The largest absolute Gasteiger partial charge is 0.444 e. The zero-order valence-corrected chi connectivity index (χ0v) is 21.4. The molecule has 1 aliphatic rings. The third kappa shape index (κ3) is 4.88. The van der Waals surface area contributed by atoms with Crippen molar-refractivity contribution in [3.05, 3.63) is 60.7 Å². The van der Waals surface area contributed by atoms with E-state index < -0.39 is 21.5 Å². The molecule has 0 radical (unpaired) electrons. The molecule has 2 N–H and O–H groups in total. The van der Waals surface area contributed by atoms with Crippen molar-refractivity contribution in [3.63, 3.8) is 0 Å². The minimum absolute atomic E-state index is 0.0394. The number of alkyl carbamates (subject to hydrolysis) is 1. The van der Waals surface area contributed by atoms with Gasteiger partial charge in [-0.15, -0.1) is 0 Å². The Morgan fingerprint density at radius 3 is 2.47 bits per heavy atom. The second-order valence-electron chi connectivity index (χ2n) is 10.2. The van der Waals surface area contributed by atoms with Gasteiger partial charge in [-0.05, 0) is 74.7 Å². The molecule has 36 heavy (non-hydrogen) atoms. The summed E-state index contributed by atoms with van der Waals surface area (Å²) in [6.07, 6.45) is 1.14. The van der Waals surface area contributed by atoms with Crippen LogP contribution in [0.15, 0.2) is 70.6 Å². The number of fused-ring (bicyclic) bond motifs is 2. The van der Waals surface area contributed by atoms with Gasteiger partial charge in [-0.3, -0.25) is 5.10 Å². The molecular formula is C27H30N4O4S. The van der Waals surface area contributed by atoms with E-state index in [0.29, 0.717) is 10.9 Å². The highest BCUT2D eigenvalue weighted by Crippen LogP contribution is 2.31. The molecule has 1 aliphatic heterocycles. The third-order valence-electron chi connectivity index (χ3n) is 6.38. The lowest BCUT2D eigenvalue weighted by molar-refractivity contribution is 0.0497. The molecule has 0 spiro atoms. The van der Waals surface area contributed by atoms with Gasteiger partial charge in [-0.2, -0.15) is 5.10 Å². The van der Waals surface area contributed by atoms with Crippen LogP contribution < -0.4 is 10.2 Å². The molecule has 0 unspecified atom stereocenters. The zero-order valence-electron chi connectivity index (χ0n) is 20.6. The van der Waals surface area contributed by atoms with E-state index in [9.17, 15) is 13.2 Å². The average molecular weight is 507 g/mol. The number of anilines is 1. The van der Waals surface area contributed by atoms with Crippen LogP contribution in [0.25, 0.3) is 21.7 Å². The Hall–Kier alpha value is -3.59. The summed E-state index contributed by atoms with van der Waals surface area (Å²) in [6, 6.07) is 18.5. The predicted octanol–water partition coefficient (Wildman–Crippen LogP) is 5.04. The number of hydrogen-bond acceptors (Lipinski definition) is 6. The van der Waals surface area contributed by atoms with E-state index in [1.165, 1.54) is 0 Å². The standard InChI is InChI=1S/C27H30N4O4S/c1-27(2,3)35-26(32)28-20-12-14-31(15-13-20)21-9-11-24-23(17-21)25(30-29-24)36(33,34)22-10-8-18-6-4-5-7-19(18)16-22/h4-11,16-17,20H,12-15H2,1-3H3,(H,28,32)(H,29,30). The van der Waals surface area contributed by atoms with Gasteiger partial charge in [0.15, 0.2) is 5.03 Å². The Bertz CT molecular complexity index is 1530. The SMILES string of the molecule is CC(C)(C)OC(=O)NC1CCN(c2ccc3n[nH]c(S(=O)(=O)c4ccc5ccccc5c4)c3c2)CC1. The molecule has 0 saturated carbocycles. The lowest BCUT2D eigenvalue weighted by Crippen LogP contribution is -2.46. The van der Waals surface area contributed by atoms with E-state index in [1.54, 1.807) is 12.1 Å². The summed E-state index contributed by atoms with van der Waals surface area (Å²) in [6.45, 7) is 6.99. The molecule has 1 amide bonds. The predicted molar refractivity (Wildman–Crippen MR) is 140 cm³/mol. The van der Waals surface area contributed by atoms with Crippen molar-refractivity contribution in [1.29, 1.82) is 0 Å². The molecule has 4 aromatic rings. The van der Waals surface area contributed by atoms with Crippen molar-refractivity contribution >= 4 is 43.3 Å². The van der Waals surface area contributed by atoms with Crippen molar-refractivity contribution in [2.45, 2.75) is 55.2 Å². The molecule has 2 heterocycles. The van der Waals surface area contributed by atoms with E-state index in [4.69, 9.17) is 4.74 Å². The summed E-state index contributed by atoms with van der Waals surface area (Å²) >= 11 is 0. The number of H-pyrrole nitrogens is 1. The number of piperidine rings is 1. The zero-order chi connectivity index (χ0) is 25.5. The van der Waals surface area contributed by atoms with Gasteiger partial charge in [-0.25, -0.2) is 13.2 Å². The highest BCUT2D eigenvalue weighted by Gasteiger charge is 2.26. The summed E-state index contributed by atoms with van der Waals surface area (Å²) in [7, 11) is -3.80. The Labute approximate surface area is 210 Å². The molecular weight excluding hydrogens is 476 g/mol. The van der Waals surface area contributed by atoms with E-state index in [0.717, 1.165) is 42.4 Å². The van der Waals surface area contributed by atoms with Crippen molar-refractivity contribution in [2.24, 2.45) is 0 Å². The summed E-state index contributed by atoms with van der Waals surface area (Å²) in [5.41, 5.74) is 0.990. The second kappa shape index (κ2) is 9.13. The number of nitrogens with zero attached hydrogens (tertiary/aromatic N) is 2. The van der Waals surface area contributed by atoms with Crippen molar-refractivity contribution in [3.8, 4) is 0 Å². The maximum absolute atomic E-state index is 13.5. The number of carbonyl (C=O) groups excluding carboxylic acids is 1. The number of nitrogens with one attached hydrogen (secondary N) is 2. The van der Waals surface area contributed by atoms with Crippen molar-refractivity contribution in [2.75, 3.05) is 18.0 Å². The molecule has 5 rings (SSSR count). The number of rotatable bonds is 4. The summed E-state index contributed by atoms with van der Waals surface area (Å²) in [4.78, 5) is 14.5. The number of carbonyl (C=O) groups is 1. The van der Waals surface area contributed by atoms with Crippen molar-refractivity contribution < 1.29 is 17.9 Å². The summed E-state index contributed by atoms with van der Waals surface area (Å²) in [5, 5.41) is 12.5. The Balaban J connectivity index is 1.36. The van der Waals surface area contributed by atoms with Gasteiger partial charge >= 0.3 is 6.09 Å². The number of aromatic nitrogens is 2. The minimum Gasteiger partial charge on any atom is -0.444 e. The molecule has 1 aromatic heterocycles. The van der Waals surface area contributed by atoms with Crippen LogP contribution in [0.2, 0.25) is 0 Å². The van der Waals surface area contributed by atoms with E-state index in [1.807, 2.05) is 69.3 Å². The van der Waals surface area contributed by atoms with Crippen LogP contribution in [0.5, 0.6) is 0 Å². The molecule has 8 nitrogen and oxygen atoms in total. The topological polar surface area (TPSA) is 104 Å². The van der Waals surface area contributed by atoms with Crippen LogP contribution in [0.4, 0.5) is 10.5 Å². The van der Waals surface area contributed by atoms with Gasteiger partial charge < -0.3 is 15.0 Å². The Morgan fingerprint density at radius 1 is 1.03 bits per heavy atom. The number of amides is 1. The molecule has 0 aliphatic carbocycles. The van der Waals surface area contributed by atoms with Crippen LogP contribution in [0.3, 0.4) is 0 Å². The molecule has 0 bridgehead atoms. The number of ether oxygens (including phenoxy) is 1. The molecule has 1 saturated heterocycles. The first-order valence-corrected chi connectivity index (χ1v) is 13.5. The molecule has 188 valence electrons. The normalized spacial score (nSPS) is 15.4. The lowest BCUT2D eigenvalue weighted by atomic mass is 10.0. The molecule has 9 heteroatoms. The van der Waals surface area contributed by atoms with Gasteiger partial charge in [0.25, 0.3) is 0 Å². The maximum atomic E-state index is 13.5. The van der Waals surface area contributed by atoms with Crippen LogP contribution in [0.1, 0.15) is 33.6 Å². The van der Waals surface area contributed by atoms with Gasteiger partial charge in [-0.1, -0.05) is 30.3 Å². The smallest absolute Gasteiger partial charge is 0.407 e. The quantitative estimate of drug-likeness (QED) is 0.402. The van der Waals surface area contributed by atoms with Crippen molar-refractivity contribution in [1.82, 2.24) is 15.5 Å².